The third-order valence-corrected chi connectivity index (χ3v) is 5.40. The summed E-state index contributed by atoms with van der Waals surface area (Å²) in [6.45, 7) is 1.57. The molecular formula is C23H23F2N3O3S. The number of anilines is 1. The van der Waals surface area contributed by atoms with E-state index in [1.165, 1.54) is 0 Å². The van der Waals surface area contributed by atoms with Crippen molar-refractivity contribution in [3.8, 4) is 5.75 Å². The lowest BCUT2D eigenvalue weighted by Crippen LogP contribution is -2.20. The zero-order valence-corrected chi connectivity index (χ0v) is 18.5. The number of rotatable bonds is 9. The summed E-state index contributed by atoms with van der Waals surface area (Å²) in [5.41, 5.74) is 2.79. The van der Waals surface area contributed by atoms with Gasteiger partial charge in [0, 0.05) is 35.3 Å². The van der Waals surface area contributed by atoms with E-state index in [1.807, 2.05) is 36.4 Å². The van der Waals surface area contributed by atoms with E-state index in [1.54, 1.807) is 26.2 Å². The molecule has 0 fully saturated rings. The minimum Gasteiger partial charge on any atom is -0.496 e. The van der Waals surface area contributed by atoms with Crippen LogP contribution in [0.25, 0.3) is 0 Å². The van der Waals surface area contributed by atoms with Gasteiger partial charge in [-0.25, -0.2) is 4.98 Å². The van der Waals surface area contributed by atoms with E-state index < -0.39 is 11.3 Å². The summed E-state index contributed by atoms with van der Waals surface area (Å²) in [7, 11) is 1.60. The van der Waals surface area contributed by atoms with Crippen LogP contribution in [0.4, 0.5) is 14.5 Å². The number of aromatic nitrogens is 2. The van der Waals surface area contributed by atoms with E-state index in [0.29, 0.717) is 23.4 Å². The van der Waals surface area contributed by atoms with Crippen molar-refractivity contribution in [2.45, 2.75) is 37.1 Å². The molecule has 0 unspecified atom stereocenters. The summed E-state index contributed by atoms with van der Waals surface area (Å²) in [6, 6.07) is 15.3. The SMILES string of the molecule is COc1ccc(NC(=O)CCc2c(C)nc(SC(F)F)[nH]c2=O)cc1Cc1ccccc1. The number of amides is 1. The number of hydrogen-bond donors (Lipinski definition) is 2. The molecule has 0 radical (unpaired) electrons. The van der Waals surface area contributed by atoms with Crippen molar-refractivity contribution in [2.24, 2.45) is 0 Å². The van der Waals surface area contributed by atoms with Crippen LogP contribution >= 0.6 is 11.8 Å². The van der Waals surface area contributed by atoms with Gasteiger partial charge in [-0.1, -0.05) is 30.3 Å². The number of ether oxygens (including phenoxy) is 1. The number of methoxy groups -OCH3 is 1. The molecule has 6 nitrogen and oxygen atoms in total. The first-order valence-electron chi connectivity index (χ1n) is 9.91. The van der Waals surface area contributed by atoms with Gasteiger partial charge in [-0.05, 0) is 48.9 Å². The Hall–Kier alpha value is -3.20. The number of carbonyl (C=O) groups excluding carboxylic acids is 1. The highest BCUT2D eigenvalue weighted by Gasteiger charge is 2.14. The molecule has 0 aliphatic heterocycles. The minimum absolute atomic E-state index is 0.0486. The quantitative estimate of drug-likeness (QED) is 0.362. The van der Waals surface area contributed by atoms with E-state index in [0.717, 1.165) is 16.9 Å². The molecular weight excluding hydrogens is 436 g/mol. The standard InChI is InChI=1S/C23H23F2N3O3S/c1-14-18(21(30)28-23(26-14)32-22(24)25)9-11-20(29)27-17-8-10-19(31-2)16(13-17)12-15-6-4-3-5-7-15/h3-8,10,13,22H,9,11-12H2,1-2H3,(H,27,29)(H,26,28,30). The highest BCUT2D eigenvalue weighted by molar-refractivity contribution is 7.99. The number of H-pyrrole nitrogens is 1. The van der Waals surface area contributed by atoms with Gasteiger partial charge in [-0.2, -0.15) is 8.78 Å². The lowest BCUT2D eigenvalue weighted by Gasteiger charge is -2.12. The molecule has 1 aromatic heterocycles. The maximum Gasteiger partial charge on any atom is 0.291 e. The molecule has 0 saturated heterocycles. The van der Waals surface area contributed by atoms with Crippen molar-refractivity contribution in [1.29, 1.82) is 0 Å². The zero-order chi connectivity index (χ0) is 23.1. The fourth-order valence-electron chi connectivity index (χ4n) is 3.29. The van der Waals surface area contributed by atoms with Crippen molar-refractivity contribution >= 4 is 23.4 Å². The van der Waals surface area contributed by atoms with Crippen LogP contribution in [0.5, 0.6) is 5.75 Å². The Morgan fingerprint density at radius 2 is 1.97 bits per heavy atom. The topological polar surface area (TPSA) is 84.1 Å². The maximum absolute atomic E-state index is 12.5. The molecule has 1 heterocycles. The molecule has 3 aromatic rings. The van der Waals surface area contributed by atoms with Crippen LogP contribution in [0.15, 0.2) is 58.5 Å². The molecule has 0 spiro atoms. The number of hydrogen-bond acceptors (Lipinski definition) is 5. The molecule has 168 valence electrons. The van der Waals surface area contributed by atoms with Crippen molar-refractivity contribution in [2.75, 3.05) is 12.4 Å². The zero-order valence-electron chi connectivity index (χ0n) is 17.7. The van der Waals surface area contributed by atoms with Gasteiger partial charge in [-0.15, -0.1) is 0 Å². The molecule has 2 N–H and O–H groups in total. The van der Waals surface area contributed by atoms with E-state index in [4.69, 9.17) is 4.74 Å². The van der Waals surface area contributed by atoms with Gasteiger partial charge in [0.1, 0.15) is 5.75 Å². The van der Waals surface area contributed by atoms with Crippen LogP contribution in [0.3, 0.4) is 0 Å². The molecule has 0 bridgehead atoms. The van der Waals surface area contributed by atoms with Crippen LogP contribution in [0.2, 0.25) is 0 Å². The van der Waals surface area contributed by atoms with Crippen molar-refractivity contribution in [3.05, 3.63) is 81.3 Å². The Morgan fingerprint density at radius 1 is 1.22 bits per heavy atom. The number of aryl methyl sites for hydroxylation is 1. The second-order valence-electron chi connectivity index (χ2n) is 7.05. The number of aromatic amines is 1. The summed E-state index contributed by atoms with van der Waals surface area (Å²) in [4.78, 5) is 31.0. The molecule has 0 aliphatic carbocycles. The number of carbonyl (C=O) groups is 1. The van der Waals surface area contributed by atoms with Gasteiger partial charge in [-0.3, -0.25) is 9.59 Å². The Morgan fingerprint density at radius 3 is 2.62 bits per heavy atom. The second kappa shape index (κ2) is 10.9. The molecule has 0 saturated carbocycles. The largest absolute Gasteiger partial charge is 0.496 e. The van der Waals surface area contributed by atoms with Crippen molar-refractivity contribution in [3.63, 3.8) is 0 Å². The molecule has 1 amide bonds. The number of halogens is 2. The van der Waals surface area contributed by atoms with Crippen LogP contribution in [0, 0.1) is 6.92 Å². The summed E-state index contributed by atoms with van der Waals surface area (Å²) in [6.07, 6.45) is 0.844. The van der Waals surface area contributed by atoms with Gasteiger partial charge >= 0.3 is 0 Å². The second-order valence-corrected chi connectivity index (χ2v) is 8.03. The molecule has 3 rings (SSSR count). The Bertz CT molecular complexity index is 1140. The van der Waals surface area contributed by atoms with Crippen LogP contribution in [-0.2, 0) is 17.6 Å². The smallest absolute Gasteiger partial charge is 0.291 e. The van der Waals surface area contributed by atoms with Gasteiger partial charge in [0.15, 0.2) is 5.16 Å². The van der Waals surface area contributed by atoms with Gasteiger partial charge in [0.2, 0.25) is 5.91 Å². The van der Waals surface area contributed by atoms with E-state index in [2.05, 4.69) is 15.3 Å². The fraction of sp³-hybridized carbons (Fsp3) is 0.261. The molecule has 9 heteroatoms. The molecule has 32 heavy (non-hydrogen) atoms. The Kier molecular flexibility index (Phi) is 7.99. The lowest BCUT2D eigenvalue weighted by atomic mass is 10.0. The van der Waals surface area contributed by atoms with Gasteiger partial charge in [0.05, 0.1) is 7.11 Å². The Labute approximate surface area is 188 Å². The average molecular weight is 460 g/mol. The van der Waals surface area contributed by atoms with E-state index in [-0.39, 0.29) is 35.7 Å². The summed E-state index contributed by atoms with van der Waals surface area (Å²) in [5, 5.41) is 2.70. The first-order chi connectivity index (χ1) is 15.4. The highest BCUT2D eigenvalue weighted by Crippen LogP contribution is 2.25. The number of benzene rings is 2. The van der Waals surface area contributed by atoms with E-state index in [9.17, 15) is 18.4 Å². The number of thioether (sulfide) groups is 1. The predicted octanol–water partition coefficient (Wildman–Crippen LogP) is 4.56. The predicted molar refractivity (Wildman–Crippen MR) is 121 cm³/mol. The third kappa shape index (κ3) is 6.40. The molecule has 0 aliphatic rings. The number of nitrogens with one attached hydrogen (secondary N) is 2. The fourth-order valence-corrected chi connectivity index (χ4v) is 3.80. The normalized spacial score (nSPS) is 10.9. The van der Waals surface area contributed by atoms with E-state index >= 15 is 0 Å². The first-order valence-corrected chi connectivity index (χ1v) is 10.8. The average Bonchev–Trinajstić information content (AvgIpc) is 2.73. The van der Waals surface area contributed by atoms with Crippen LogP contribution in [-0.4, -0.2) is 28.7 Å². The van der Waals surface area contributed by atoms with Crippen LogP contribution in [0.1, 0.15) is 28.8 Å². The van der Waals surface area contributed by atoms with Crippen LogP contribution < -0.4 is 15.6 Å². The molecule has 0 atom stereocenters. The lowest BCUT2D eigenvalue weighted by molar-refractivity contribution is -0.116. The van der Waals surface area contributed by atoms with Gasteiger partial charge in [0.25, 0.3) is 11.3 Å². The van der Waals surface area contributed by atoms with Gasteiger partial charge < -0.3 is 15.0 Å². The first kappa shape index (κ1) is 23.5. The summed E-state index contributed by atoms with van der Waals surface area (Å²) < 4.78 is 30.4. The Balaban J connectivity index is 1.66. The van der Waals surface area contributed by atoms with Crippen molar-refractivity contribution < 1.29 is 18.3 Å². The minimum atomic E-state index is -2.68. The number of nitrogens with zero attached hydrogens (tertiary/aromatic N) is 1. The highest BCUT2D eigenvalue weighted by atomic mass is 32.2. The third-order valence-electron chi connectivity index (χ3n) is 4.80. The van der Waals surface area contributed by atoms with Crippen molar-refractivity contribution in [1.82, 2.24) is 9.97 Å². The monoisotopic (exact) mass is 459 g/mol. The summed E-state index contributed by atoms with van der Waals surface area (Å²) in [5.74, 6) is -2.22. The number of alkyl halides is 2. The molecule has 2 aromatic carbocycles. The maximum atomic E-state index is 12.5. The summed E-state index contributed by atoms with van der Waals surface area (Å²) >= 11 is 0.177.